The minimum absolute atomic E-state index is 0.0631. The number of hydrogen-bond donors (Lipinski definition) is 1. The van der Waals surface area contributed by atoms with Crippen molar-refractivity contribution in [3.05, 3.63) is 84.0 Å². The molecule has 0 aliphatic carbocycles. The highest BCUT2D eigenvalue weighted by Gasteiger charge is 2.46. The van der Waals surface area contributed by atoms with Gasteiger partial charge in [-0.25, -0.2) is 4.98 Å². The zero-order chi connectivity index (χ0) is 24.8. The Kier molecular flexibility index (Phi) is 7.50. The summed E-state index contributed by atoms with van der Waals surface area (Å²) < 4.78 is 13.2. The van der Waals surface area contributed by atoms with Crippen molar-refractivity contribution in [1.29, 1.82) is 0 Å². The van der Waals surface area contributed by atoms with Crippen LogP contribution >= 0.6 is 0 Å². The van der Waals surface area contributed by atoms with Gasteiger partial charge in [0.15, 0.2) is 11.5 Å². The highest BCUT2D eigenvalue weighted by atomic mass is 16.5. The van der Waals surface area contributed by atoms with Gasteiger partial charge in [-0.15, -0.1) is 0 Å². The number of ketones is 1. The molecular weight excluding hydrogens is 446 g/mol. The number of likely N-dealkylation sites (tertiary alicyclic amines) is 1. The maximum absolute atomic E-state index is 13.2. The molecule has 1 amide bonds. The number of aryl methyl sites for hydroxylation is 1. The molecule has 1 fully saturated rings. The number of carbonyl (C=O) groups is 2. The van der Waals surface area contributed by atoms with E-state index in [2.05, 4.69) is 4.98 Å². The molecule has 1 atom stereocenters. The van der Waals surface area contributed by atoms with E-state index in [4.69, 9.17) is 9.47 Å². The van der Waals surface area contributed by atoms with Gasteiger partial charge in [0.2, 0.25) is 0 Å². The third-order valence-electron chi connectivity index (χ3n) is 5.93. The fourth-order valence-corrected chi connectivity index (χ4v) is 4.24. The average molecular weight is 476 g/mol. The summed E-state index contributed by atoms with van der Waals surface area (Å²) in [5.41, 5.74) is 1.20. The highest BCUT2D eigenvalue weighted by molar-refractivity contribution is 6.46. The number of aliphatic hydroxyl groups is 1. The SMILES string of the molecule is CCCOc1ccc([C@H]2/C(=C(\O)c3ccccc3)C(=O)C(=O)N2CCCn2ccnc2)cc1OC. The van der Waals surface area contributed by atoms with Crippen molar-refractivity contribution in [2.75, 3.05) is 20.3 Å². The number of ether oxygens (including phenoxy) is 2. The lowest BCUT2D eigenvalue weighted by Crippen LogP contribution is -2.31. The molecule has 2 aromatic carbocycles. The van der Waals surface area contributed by atoms with E-state index in [1.807, 2.05) is 29.8 Å². The quantitative estimate of drug-likeness (QED) is 0.268. The van der Waals surface area contributed by atoms with Gasteiger partial charge >= 0.3 is 0 Å². The molecule has 1 saturated heterocycles. The Morgan fingerprint density at radius 1 is 1.09 bits per heavy atom. The van der Waals surface area contributed by atoms with Crippen LogP contribution in [0.3, 0.4) is 0 Å². The van der Waals surface area contributed by atoms with Crippen molar-refractivity contribution in [2.45, 2.75) is 32.4 Å². The van der Waals surface area contributed by atoms with Crippen molar-refractivity contribution >= 4 is 17.4 Å². The van der Waals surface area contributed by atoms with Crippen LogP contribution in [0.4, 0.5) is 0 Å². The van der Waals surface area contributed by atoms with Crippen LogP contribution < -0.4 is 9.47 Å². The van der Waals surface area contributed by atoms with Gasteiger partial charge in [-0.2, -0.15) is 0 Å². The van der Waals surface area contributed by atoms with Gasteiger partial charge < -0.3 is 24.0 Å². The van der Waals surface area contributed by atoms with Crippen molar-refractivity contribution < 1.29 is 24.2 Å². The van der Waals surface area contributed by atoms with E-state index in [9.17, 15) is 14.7 Å². The molecule has 0 unspecified atom stereocenters. The number of Topliss-reactive ketones (excluding diaryl/α,β-unsaturated/α-hetero) is 1. The molecule has 1 aliphatic heterocycles. The summed E-state index contributed by atoms with van der Waals surface area (Å²) in [7, 11) is 1.55. The summed E-state index contributed by atoms with van der Waals surface area (Å²) in [5, 5.41) is 11.1. The maximum Gasteiger partial charge on any atom is 0.295 e. The second kappa shape index (κ2) is 10.9. The Hall–Kier alpha value is -4.07. The van der Waals surface area contributed by atoms with Gasteiger partial charge in [-0.05, 0) is 30.5 Å². The number of methoxy groups -OCH3 is 1. The van der Waals surface area contributed by atoms with Crippen LogP contribution in [-0.4, -0.2) is 51.5 Å². The minimum Gasteiger partial charge on any atom is -0.507 e. The molecule has 1 aromatic heterocycles. The van der Waals surface area contributed by atoms with Crippen LogP contribution in [0.1, 0.15) is 36.9 Å². The average Bonchev–Trinajstić information content (AvgIpc) is 3.50. The molecular formula is C27H29N3O5. The Morgan fingerprint density at radius 3 is 2.57 bits per heavy atom. The lowest BCUT2D eigenvalue weighted by Gasteiger charge is -2.26. The second-order valence-corrected chi connectivity index (χ2v) is 8.27. The second-order valence-electron chi connectivity index (χ2n) is 8.27. The molecule has 3 aromatic rings. The van der Waals surface area contributed by atoms with E-state index in [1.54, 1.807) is 56.0 Å². The number of nitrogens with zero attached hydrogens (tertiary/aromatic N) is 3. The predicted octanol–water partition coefficient (Wildman–Crippen LogP) is 4.19. The van der Waals surface area contributed by atoms with E-state index in [1.165, 1.54) is 4.90 Å². The molecule has 0 spiro atoms. The largest absolute Gasteiger partial charge is 0.507 e. The van der Waals surface area contributed by atoms with Gasteiger partial charge in [0.1, 0.15) is 5.76 Å². The van der Waals surface area contributed by atoms with Crippen molar-refractivity contribution in [3.8, 4) is 11.5 Å². The number of amides is 1. The Bertz CT molecular complexity index is 1200. The summed E-state index contributed by atoms with van der Waals surface area (Å²) in [6.45, 7) is 3.52. The van der Waals surface area contributed by atoms with Crippen LogP contribution in [0.25, 0.3) is 5.76 Å². The molecule has 1 N–H and O–H groups in total. The fourth-order valence-electron chi connectivity index (χ4n) is 4.24. The monoisotopic (exact) mass is 475 g/mol. The van der Waals surface area contributed by atoms with Crippen molar-refractivity contribution in [3.63, 3.8) is 0 Å². The number of carbonyl (C=O) groups excluding carboxylic acids is 2. The van der Waals surface area contributed by atoms with Crippen LogP contribution in [0.5, 0.6) is 11.5 Å². The van der Waals surface area contributed by atoms with E-state index < -0.39 is 17.7 Å². The third kappa shape index (κ3) is 5.06. The van der Waals surface area contributed by atoms with E-state index in [0.717, 1.165) is 6.42 Å². The number of aromatic nitrogens is 2. The van der Waals surface area contributed by atoms with Gasteiger partial charge in [0.25, 0.3) is 11.7 Å². The van der Waals surface area contributed by atoms with Crippen molar-refractivity contribution in [1.82, 2.24) is 14.5 Å². The number of hydrogen-bond acceptors (Lipinski definition) is 6. The molecule has 1 aliphatic rings. The van der Waals surface area contributed by atoms with Gasteiger partial charge in [-0.1, -0.05) is 43.3 Å². The summed E-state index contributed by atoms with van der Waals surface area (Å²) >= 11 is 0. The van der Waals surface area contributed by atoms with E-state index in [0.29, 0.717) is 48.7 Å². The zero-order valence-electron chi connectivity index (χ0n) is 19.9. The number of rotatable bonds is 10. The van der Waals surface area contributed by atoms with Gasteiger partial charge in [-0.3, -0.25) is 9.59 Å². The van der Waals surface area contributed by atoms with Crippen LogP contribution in [0.2, 0.25) is 0 Å². The lowest BCUT2D eigenvalue weighted by molar-refractivity contribution is -0.139. The zero-order valence-corrected chi connectivity index (χ0v) is 19.9. The molecule has 8 nitrogen and oxygen atoms in total. The maximum atomic E-state index is 13.2. The first-order chi connectivity index (χ1) is 17.0. The Balaban J connectivity index is 1.74. The standard InChI is InChI=1S/C27H29N3O5/c1-3-16-35-21-11-10-20(17-22(21)34-2)24-23(25(31)19-8-5-4-6-9-19)26(32)27(33)30(24)14-7-13-29-15-12-28-18-29/h4-6,8-12,15,17-18,24,31H,3,7,13-14,16H2,1-2H3/b25-23+/t24-/m0/s1. The molecule has 182 valence electrons. The predicted molar refractivity (Wildman–Crippen MR) is 131 cm³/mol. The highest BCUT2D eigenvalue weighted by Crippen LogP contribution is 2.42. The summed E-state index contributed by atoms with van der Waals surface area (Å²) in [4.78, 5) is 31.9. The molecule has 35 heavy (non-hydrogen) atoms. The molecule has 2 heterocycles. The van der Waals surface area contributed by atoms with E-state index >= 15 is 0 Å². The topological polar surface area (TPSA) is 93.9 Å². The summed E-state index contributed by atoms with van der Waals surface area (Å²) in [6, 6.07) is 13.4. The van der Waals surface area contributed by atoms with Crippen molar-refractivity contribution in [2.24, 2.45) is 0 Å². The van der Waals surface area contributed by atoms with Gasteiger partial charge in [0.05, 0.1) is 31.7 Å². The first kappa shape index (κ1) is 24.1. The Labute approximate surface area is 204 Å². The Morgan fingerprint density at radius 2 is 1.89 bits per heavy atom. The molecule has 4 rings (SSSR count). The molecule has 0 radical (unpaired) electrons. The normalized spacial score (nSPS) is 17.1. The van der Waals surface area contributed by atoms with Crippen LogP contribution in [-0.2, 0) is 16.1 Å². The first-order valence-electron chi connectivity index (χ1n) is 11.7. The molecule has 8 heteroatoms. The number of imidazole rings is 1. The molecule has 0 saturated carbocycles. The van der Waals surface area contributed by atoms with Crippen LogP contribution in [0.15, 0.2) is 72.8 Å². The van der Waals surface area contributed by atoms with E-state index in [-0.39, 0.29) is 11.3 Å². The minimum atomic E-state index is -0.757. The smallest absolute Gasteiger partial charge is 0.295 e. The molecule has 0 bridgehead atoms. The van der Waals surface area contributed by atoms with Gasteiger partial charge in [0, 0.05) is 31.0 Å². The number of aliphatic hydroxyl groups excluding tert-OH is 1. The summed E-state index contributed by atoms with van der Waals surface area (Å²) in [6.07, 6.45) is 6.71. The lowest BCUT2D eigenvalue weighted by atomic mass is 9.95. The first-order valence-corrected chi connectivity index (χ1v) is 11.7. The van der Waals surface area contributed by atoms with Crippen LogP contribution in [0, 0.1) is 0 Å². The fraction of sp³-hybridized carbons (Fsp3) is 0.296. The number of benzene rings is 2. The third-order valence-corrected chi connectivity index (χ3v) is 5.93. The summed E-state index contributed by atoms with van der Waals surface area (Å²) in [5.74, 6) is -0.457.